The van der Waals surface area contributed by atoms with Gasteiger partial charge < -0.3 is 14.6 Å². The molecule has 1 aliphatic carbocycles. The Hall–Kier alpha value is -1.36. The summed E-state index contributed by atoms with van der Waals surface area (Å²) in [5.41, 5.74) is 0.332. The van der Waals surface area contributed by atoms with E-state index in [0.717, 1.165) is 12.8 Å². The van der Waals surface area contributed by atoms with Crippen LogP contribution >= 0.6 is 0 Å². The quantitative estimate of drug-likeness (QED) is 0.841. The summed E-state index contributed by atoms with van der Waals surface area (Å²) in [5.74, 6) is 0.414. The van der Waals surface area contributed by atoms with E-state index >= 15 is 0 Å². The minimum Gasteiger partial charge on any atom is -0.377 e. The predicted octanol–water partition coefficient (Wildman–Crippen LogP) is 1.49. The van der Waals surface area contributed by atoms with Gasteiger partial charge in [-0.25, -0.2) is 0 Å². The normalized spacial score (nSPS) is 16.6. The van der Waals surface area contributed by atoms with Crippen LogP contribution in [-0.2, 0) is 11.3 Å². The van der Waals surface area contributed by atoms with E-state index in [-0.39, 0.29) is 5.91 Å². The second-order valence-electron chi connectivity index (χ2n) is 4.07. The highest BCUT2D eigenvalue weighted by Crippen LogP contribution is 2.18. The smallest absolute Gasteiger partial charge is 0.273 e. The lowest BCUT2D eigenvalue weighted by molar-refractivity contribution is 0.0928. The number of hydrogen-bond donors (Lipinski definition) is 1. The first-order valence-electron chi connectivity index (χ1n) is 5.55. The van der Waals surface area contributed by atoms with Gasteiger partial charge in [0.25, 0.3) is 5.91 Å². The fourth-order valence-corrected chi connectivity index (χ4v) is 1.96. The number of amides is 1. The molecule has 1 amide bonds. The van der Waals surface area contributed by atoms with Crippen molar-refractivity contribution in [3.8, 4) is 0 Å². The Balaban J connectivity index is 1.91. The van der Waals surface area contributed by atoms with Gasteiger partial charge in [-0.15, -0.1) is 0 Å². The number of aromatic nitrogens is 1. The molecule has 1 heterocycles. The van der Waals surface area contributed by atoms with Gasteiger partial charge in [0.05, 0.1) is 0 Å². The summed E-state index contributed by atoms with van der Waals surface area (Å²) in [4.78, 5) is 11.7. The second kappa shape index (κ2) is 5.12. The van der Waals surface area contributed by atoms with E-state index in [4.69, 9.17) is 9.26 Å². The standard InChI is InChI=1S/C11H16N2O3/c1-15-7-9-6-10(13-16-9)11(14)12-8-4-2-3-5-8/h6,8H,2-5,7H2,1H3,(H,12,14). The molecule has 1 fully saturated rings. The minimum atomic E-state index is -0.155. The van der Waals surface area contributed by atoms with E-state index in [1.54, 1.807) is 13.2 Å². The Morgan fingerprint density at radius 2 is 2.38 bits per heavy atom. The first kappa shape index (κ1) is 11.1. The number of carbonyl (C=O) groups excluding carboxylic acids is 1. The molecule has 0 aliphatic heterocycles. The van der Waals surface area contributed by atoms with Crippen molar-refractivity contribution in [1.82, 2.24) is 10.5 Å². The van der Waals surface area contributed by atoms with E-state index < -0.39 is 0 Å². The molecule has 0 unspecified atom stereocenters. The summed E-state index contributed by atoms with van der Waals surface area (Å²) in [6.07, 6.45) is 4.51. The molecule has 1 aromatic rings. The SMILES string of the molecule is COCc1cc(C(=O)NC2CCCC2)no1. The van der Waals surface area contributed by atoms with Crippen LogP contribution in [0.25, 0.3) is 0 Å². The lowest BCUT2D eigenvalue weighted by atomic mass is 10.2. The highest BCUT2D eigenvalue weighted by atomic mass is 16.5. The van der Waals surface area contributed by atoms with Crippen LogP contribution in [0.5, 0.6) is 0 Å². The number of carbonyl (C=O) groups is 1. The van der Waals surface area contributed by atoms with Gasteiger partial charge in [0, 0.05) is 19.2 Å². The van der Waals surface area contributed by atoms with E-state index in [1.165, 1.54) is 12.8 Å². The molecular weight excluding hydrogens is 208 g/mol. The molecule has 0 atom stereocenters. The second-order valence-corrected chi connectivity index (χ2v) is 4.07. The molecule has 0 aromatic carbocycles. The zero-order chi connectivity index (χ0) is 11.4. The lowest BCUT2D eigenvalue weighted by Crippen LogP contribution is -2.32. The average molecular weight is 224 g/mol. The molecule has 5 heteroatoms. The van der Waals surface area contributed by atoms with E-state index in [1.807, 2.05) is 0 Å². The molecule has 2 rings (SSSR count). The van der Waals surface area contributed by atoms with E-state index in [9.17, 15) is 4.79 Å². The van der Waals surface area contributed by atoms with Crippen molar-refractivity contribution in [2.24, 2.45) is 0 Å². The van der Waals surface area contributed by atoms with Gasteiger partial charge in [0.2, 0.25) is 0 Å². The van der Waals surface area contributed by atoms with E-state index in [2.05, 4.69) is 10.5 Å². The molecule has 0 bridgehead atoms. The number of nitrogens with zero attached hydrogens (tertiary/aromatic N) is 1. The first-order valence-corrected chi connectivity index (χ1v) is 5.55. The topological polar surface area (TPSA) is 64.4 Å². The minimum absolute atomic E-state index is 0.155. The molecule has 1 aliphatic rings. The van der Waals surface area contributed by atoms with Gasteiger partial charge in [-0.2, -0.15) is 0 Å². The highest BCUT2D eigenvalue weighted by molar-refractivity contribution is 5.92. The Bertz CT molecular complexity index is 356. The van der Waals surface area contributed by atoms with Crippen molar-refractivity contribution in [3.63, 3.8) is 0 Å². The lowest BCUT2D eigenvalue weighted by Gasteiger charge is -2.09. The van der Waals surface area contributed by atoms with Crippen molar-refractivity contribution in [2.45, 2.75) is 38.3 Å². The molecule has 1 saturated carbocycles. The zero-order valence-electron chi connectivity index (χ0n) is 9.36. The zero-order valence-corrected chi connectivity index (χ0v) is 9.36. The number of rotatable bonds is 4. The average Bonchev–Trinajstić information content (AvgIpc) is 2.89. The Kier molecular flexibility index (Phi) is 3.56. The summed E-state index contributed by atoms with van der Waals surface area (Å²) in [6, 6.07) is 1.92. The molecule has 1 N–H and O–H groups in total. The fourth-order valence-electron chi connectivity index (χ4n) is 1.96. The Labute approximate surface area is 94.1 Å². The van der Waals surface area contributed by atoms with Crippen LogP contribution in [0.3, 0.4) is 0 Å². The van der Waals surface area contributed by atoms with Crippen molar-refractivity contribution < 1.29 is 14.1 Å². The van der Waals surface area contributed by atoms with E-state index in [0.29, 0.717) is 24.1 Å². The monoisotopic (exact) mass is 224 g/mol. The molecular formula is C11H16N2O3. The summed E-state index contributed by atoms with van der Waals surface area (Å²) in [7, 11) is 1.57. The van der Waals surface area contributed by atoms with Crippen molar-refractivity contribution in [2.75, 3.05) is 7.11 Å². The fraction of sp³-hybridized carbons (Fsp3) is 0.636. The van der Waals surface area contributed by atoms with Gasteiger partial charge >= 0.3 is 0 Å². The van der Waals surface area contributed by atoms with Crippen LogP contribution in [0.1, 0.15) is 41.9 Å². The third-order valence-corrected chi connectivity index (χ3v) is 2.77. The predicted molar refractivity (Wildman–Crippen MR) is 56.9 cm³/mol. The maximum Gasteiger partial charge on any atom is 0.273 e. The van der Waals surface area contributed by atoms with Crippen molar-refractivity contribution in [3.05, 3.63) is 17.5 Å². The molecule has 16 heavy (non-hydrogen) atoms. The highest BCUT2D eigenvalue weighted by Gasteiger charge is 2.20. The van der Waals surface area contributed by atoms with Gasteiger partial charge in [-0.1, -0.05) is 18.0 Å². The van der Waals surface area contributed by atoms with Crippen LogP contribution in [0.15, 0.2) is 10.6 Å². The molecule has 88 valence electrons. The van der Waals surface area contributed by atoms with Crippen LogP contribution < -0.4 is 5.32 Å². The van der Waals surface area contributed by atoms with Crippen LogP contribution in [-0.4, -0.2) is 24.2 Å². The first-order chi connectivity index (χ1) is 7.79. The number of methoxy groups -OCH3 is 1. The van der Waals surface area contributed by atoms with Gasteiger partial charge in [0.15, 0.2) is 11.5 Å². The van der Waals surface area contributed by atoms with Gasteiger partial charge in [-0.05, 0) is 12.8 Å². The summed E-state index contributed by atoms with van der Waals surface area (Å²) in [6.45, 7) is 0.337. The Morgan fingerprint density at radius 1 is 1.62 bits per heavy atom. The third kappa shape index (κ3) is 2.61. The number of hydrogen-bond acceptors (Lipinski definition) is 4. The molecule has 0 spiro atoms. The maximum absolute atomic E-state index is 11.7. The molecule has 0 saturated heterocycles. The summed E-state index contributed by atoms with van der Waals surface area (Å²) >= 11 is 0. The third-order valence-electron chi connectivity index (χ3n) is 2.77. The van der Waals surface area contributed by atoms with Crippen molar-refractivity contribution >= 4 is 5.91 Å². The van der Waals surface area contributed by atoms with Crippen LogP contribution in [0.2, 0.25) is 0 Å². The number of ether oxygens (including phenoxy) is 1. The van der Waals surface area contributed by atoms with Crippen molar-refractivity contribution in [1.29, 1.82) is 0 Å². The Morgan fingerprint density at radius 3 is 3.06 bits per heavy atom. The molecule has 1 aromatic heterocycles. The maximum atomic E-state index is 11.7. The van der Waals surface area contributed by atoms with Gasteiger partial charge in [-0.3, -0.25) is 4.79 Å². The van der Waals surface area contributed by atoms with Gasteiger partial charge in [0.1, 0.15) is 6.61 Å². The number of nitrogens with one attached hydrogen (secondary N) is 1. The summed E-state index contributed by atoms with van der Waals surface area (Å²) < 4.78 is 9.84. The largest absolute Gasteiger partial charge is 0.377 e. The van der Waals surface area contributed by atoms with Crippen LogP contribution in [0.4, 0.5) is 0 Å². The molecule has 5 nitrogen and oxygen atoms in total. The molecule has 0 radical (unpaired) electrons. The summed E-state index contributed by atoms with van der Waals surface area (Å²) in [5, 5.41) is 6.66. The van der Waals surface area contributed by atoms with Crippen LogP contribution in [0, 0.1) is 0 Å².